The molecule has 0 aliphatic carbocycles. The van der Waals surface area contributed by atoms with Crippen molar-refractivity contribution in [1.82, 2.24) is 0 Å². The maximum absolute atomic E-state index is 13.1. The largest absolute Gasteiger partial charge is 0.774 e. The maximum Gasteiger partial charge on any atom is 0.306 e. The van der Waals surface area contributed by atoms with Gasteiger partial charge in [-0.1, -0.05) is 148 Å². The van der Waals surface area contributed by atoms with Gasteiger partial charge < -0.3 is 27.9 Å². The molecular formula is C45H86NO7P. The van der Waals surface area contributed by atoms with Crippen LogP contribution in [0.1, 0.15) is 207 Å². The molecule has 318 valence electrons. The topological polar surface area (TPSA) is 102 Å². The van der Waals surface area contributed by atoms with E-state index in [1.54, 1.807) is 0 Å². The molecule has 8 nitrogen and oxygen atoms in total. The van der Waals surface area contributed by atoms with Crippen LogP contribution in [0.15, 0.2) is 24.3 Å². The highest BCUT2D eigenvalue weighted by molar-refractivity contribution is 7.51. The van der Waals surface area contributed by atoms with Crippen molar-refractivity contribution in [3.05, 3.63) is 24.3 Å². The third-order valence-electron chi connectivity index (χ3n) is 10.1. The van der Waals surface area contributed by atoms with Gasteiger partial charge in [0.1, 0.15) is 6.61 Å². The fourth-order valence-corrected chi connectivity index (χ4v) is 8.61. The van der Waals surface area contributed by atoms with Gasteiger partial charge in [-0.3, -0.25) is 9.59 Å². The van der Waals surface area contributed by atoms with Crippen molar-refractivity contribution in [2.24, 2.45) is 0 Å². The lowest BCUT2D eigenvalue weighted by Gasteiger charge is -2.41. The lowest BCUT2D eigenvalue weighted by atomic mass is 10.1. The van der Waals surface area contributed by atoms with E-state index >= 15 is 0 Å². The zero-order valence-corrected chi connectivity index (χ0v) is 37.0. The van der Waals surface area contributed by atoms with E-state index in [1.807, 2.05) is 28.1 Å². The first-order valence-corrected chi connectivity index (χ1v) is 24.0. The van der Waals surface area contributed by atoms with Crippen LogP contribution in [0.4, 0.5) is 0 Å². The number of quaternary nitrogens is 1. The summed E-state index contributed by atoms with van der Waals surface area (Å²) in [4.78, 5) is 38.4. The van der Waals surface area contributed by atoms with E-state index in [0.717, 1.165) is 70.6 Å². The van der Waals surface area contributed by atoms with Gasteiger partial charge in [0.15, 0.2) is 19.5 Å². The molecule has 0 aromatic carbocycles. The Morgan fingerprint density at radius 1 is 0.556 bits per heavy atom. The normalized spacial score (nSPS) is 14.4. The molecular weight excluding hydrogens is 697 g/mol. The zero-order chi connectivity index (χ0) is 40.2. The highest BCUT2D eigenvalue weighted by Gasteiger charge is 2.34. The van der Waals surface area contributed by atoms with Crippen LogP contribution in [0.25, 0.3) is 0 Å². The van der Waals surface area contributed by atoms with Gasteiger partial charge in [0, 0.05) is 19.3 Å². The lowest BCUT2D eigenvalue weighted by molar-refractivity contribution is -0.884. The second-order valence-electron chi connectivity index (χ2n) is 16.3. The summed E-state index contributed by atoms with van der Waals surface area (Å²) in [6.45, 7) is 5.73. The Kier molecular flexibility index (Phi) is 34.9. The Morgan fingerprint density at radius 2 is 0.926 bits per heavy atom. The van der Waals surface area contributed by atoms with Crippen LogP contribution in [0.5, 0.6) is 0 Å². The van der Waals surface area contributed by atoms with Gasteiger partial charge >= 0.3 is 11.9 Å². The van der Waals surface area contributed by atoms with Crippen LogP contribution < -0.4 is 4.89 Å². The Labute approximate surface area is 333 Å². The van der Waals surface area contributed by atoms with Crippen LogP contribution in [0.2, 0.25) is 0 Å². The third kappa shape index (κ3) is 32.7. The van der Waals surface area contributed by atoms with Crippen molar-refractivity contribution in [3.8, 4) is 0 Å². The third-order valence-corrected chi connectivity index (χ3v) is 12.4. The Hall–Kier alpha value is -1.47. The number of rotatable bonds is 39. The van der Waals surface area contributed by atoms with Gasteiger partial charge in [0.25, 0.3) is 0 Å². The average Bonchev–Trinajstić information content (AvgIpc) is 3.12. The number of unbranched alkanes of at least 4 members (excludes halogenated alkanes) is 22. The lowest BCUT2D eigenvalue weighted by Crippen LogP contribution is -2.47. The van der Waals surface area contributed by atoms with Gasteiger partial charge in [-0.25, -0.2) is 0 Å². The van der Waals surface area contributed by atoms with E-state index < -0.39 is 25.5 Å². The smallest absolute Gasteiger partial charge is 0.306 e. The molecule has 0 heterocycles. The monoisotopic (exact) mass is 784 g/mol. The summed E-state index contributed by atoms with van der Waals surface area (Å²) in [5.41, 5.74) is 0. The average molecular weight is 784 g/mol. The molecule has 0 spiro atoms. The Balaban J connectivity index is 4.48. The number of hydrogen-bond donors (Lipinski definition) is 0. The molecule has 0 rings (SSSR count). The van der Waals surface area contributed by atoms with Crippen LogP contribution in [-0.2, 0) is 28.2 Å². The van der Waals surface area contributed by atoms with Crippen molar-refractivity contribution in [3.63, 3.8) is 0 Å². The minimum atomic E-state index is -4.29. The highest BCUT2D eigenvalue weighted by atomic mass is 31.2. The maximum atomic E-state index is 13.1. The van der Waals surface area contributed by atoms with Gasteiger partial charge in [-0.15, -0.1) is 0 Å². The molecule has 0 aromatic rings. The molecule has 0 aliphatic heterocycles. The molecule has 0 N–H and O–H groups in total. The number of hydrogen-bond acceptors (Lipinski definition) is 7. The molecule has 0 saturated carbocycles. The number of allylic oxidation sites excluding steroid dienone is 4. The van der Waals surface area contributed by atoms with Gasteiger partial charge in [0.05, 0.1) is 27.7 Å². The second-order valence-corrected chi connectivity index (χ2v) is 18.2. The molecule has 3 atom stereocenters. The Morgan fingerprint density at radius 3 is 1.31 bits per heavy atom. The van der Waals surface area contributed by atoms with Gasteiger partial charge in [-0.05, 0) is 64.2 Å². The molecule has 2 unspecified atom stereocenters. The van der Waals surface area contributed by atoms with Crippen LogP contribution in [0.3, 0.4) is 0 Å². The minimum Gasteiger partial charge on any atom is -0.774 e. The summed E-state index contributed by atoms with van der Waals surface area (Å²) in [5.74, 6) is -1.53. The zero-order valence-electron chi connectivity index (χ0n) is 36.1. The summed E-state index contributed by atoms with van der Waals surface area (Å²) in [6, 6.07) is 0. The number of esters is 2. The van der Waals surface area contributed by atoms with E-state index in [0.29, 0.717) is 12.8 Å². The summed E-state index contributed by atoms with van der Waals surface area (Å²) in [7, 11) is 1.14. The van der Waals surface area contributed by atoms with Crippen molar-refractivity contribution >= 4 is 19.5 Å². The number of ether oxygens (including phenoxy) is 2. The standard InChI is InChI=1S/C45H86NO7P/c1-7-10-12-14-16-18-20-22-24-26-28-30-32-34-36-38-44(47)51-40-42(41-52-54(49,50)43(9-3)46(4,5)6)53-45(48)39-37-35-33-31-29-27-25-23-21-19-17-15-13-11-8-2/h22-25,42-43H,7-21,26-41H2,1-6H3/b24-22-,25-23-/t42-,43?/m1/s1. The highest BCUT2D eigenvalue weighted by Crippen LogP contribution is 2.47. The van der Waals surface area contributed by atoms with Gasteiger partial charge in [0.2, 0.25) is 0 Å². The van der Waals surface area contributed by atoms with E-state index in [1.165, 1.54) is 89.9 Å². The van der Waals surface area contributed by atoms with E-state index in [9.17, 15) is 19.0 Å². The summed E-state index contributed by atoms with van der Waals surface area (Å²) in [5, 5.41) is 0. The second kappa shape index (κ2) is 35.9. The molecule has 54 heavy (non-hydrogen) atoms. The molecule has 0 saturated heterocycles. The van der Waals surface area contributed by atoms with Crippen LogP contribution >= 0.6 is 7.60 Å². The molecule has 0 amide bonds. The molecule has 0 aromatic heterocycles. The van der Waals surface area contributed by atoms with Crippen LogP contribution in [-0.4, -0.2) is 62.7 Å². The Bertz CT molecular complexity index is 993. The summed E-state index contributed by atoms with van der Waals surface area (Å²) < 4.78 is 29.8. The predicted octanol–water partition coefficient (Wildman–Crippen LogP) is 12.5. The first-order chi connectivity index (χ1) is 26.0. The number of carbonyl (C=O) groups excluding carboxylic acids is 2. The van der Waals surface area contributed by atoms with Crippen molar-refractivity contribution < 1.29 is 37.5 Å². The number of nitrogens with zero attached hydrogens (tertiary/aromatic N) is 1. The molecule has 0 radical (unpaired) electrons. The van der Waals surface area contributed by atoms with E-state index in [2.05, 4.69) is 38.2 Å². The molecule has 0 bridgehead atoms. The molecule has 0 fully saturated rings. The van der Waals surface area contributed by atoms with Crippen LogP contribution in [0, 0.1) is 0 Å². The quantitative estimate of drug-likeness (QED) is 0.0201. The SMILES string of the molecule is CCCCCCCC/C=C\CCCCCCCC(=O)OC[C@H](COP(=O)([O-])C(CC)[N+](C)(C)C)OC(=O)CCCCCCC/C=C\CCCCCCCC. The van der Waals surface area contributed by atoms with E-state index in [4.69, 9.17) is 14.0 Å². The minimum absolute atomic E-state index is 0.197. The van der Waals surface area contributed by atoms with Crippen molar-refractivity contribution in [2.45, 2.75) is 219 Å². The molecule has 9 heteroatoms. The van der Waals surface area contributed by atoms with Crippen molar-refractivity contribution in [2.75, 3.05) is 34.4 Å². The molecule has 0 aliphatic rings. The fourth-order valence-electron chi connectivity index (χ4n) is 6.77. The van der Waals surface area contributed by atoms with E-state index in [-0.39, 0.29) is 36.5 Å². The van der Waals surface area contributed by atoms with Gasteiger partial charge in [-0.2, -0.15) is 0 Å². The summed E-state index contributed by atoms with van der Waals surface area (Å²) >= 11 is 0. The fraction of sp³-hybridized carbons (Fsp3) is 0.867. The van der Waals surface area contributed by atoms with Crippen molar-refractivity contribution in [1.29, 1.82) is 0 Å². The first kappa shape index (κ1) is 52.5. The predicted molar refractivity (Wildman–Crippen MR) is 225 cm³/mol. The summed E-state index contributed by atoms with van der Waals surface area (Å²) in [6.07, 6.45) is 39.8. The first-order valence-electron chi connectivity index (χ1n) is 22.4. The number of carbonyl (C=O) groups is 2.